The van der Waals surface area contributed by atoms with E-state index in [0.717, 1.165) is 16.2 Å². The van der Waals surface area contributed by atoms with Crippen LogP contribution in [-0.2, 0) is 6.42 Å². The minimum Gasteiger partial charge on any atom is -0.322 e. The summed E-state index contributed by atoms with van der Waals surface area (Å²) in [5.74, 6) is 0. The molecule has 19 heavy (non-hydrogen) atoms. The van der Waals surface area contributed by atoms with Crippen molar-refractivity contribution in [3.8, 4) is 0 Å². The average molecular weight is 290 g/mol. The Bertz CT molecular complexity index is 677. The van der Waals surface area contributed by atoms with Crippen molar-refractivity contribution in [2.45, 2.75) is 12.5 Å². The van der Waals surface area contributed by atoms with Gasteiger partial charge in [-0.3, -0.25) is 4.98 Å². The Balaban J connectivity index is 1.86. The van der Waals surface area contributed by atoms with E-state index in [1.165, 1.54) is 4.70 Å². The number of benzene rings is 1. The van der Waals surface area contributed by atoms with Gasteiger partial charge in [0.05, 0.1) is 32.0 Å². The van der Waals surface area contributed by atoms with E-state index in [-0.39, 0.29) is 6.04 Å². The largest absolute Gasteiger partial charge is 0.322 e. The van der Waals surface area contributed by atoms with Crippen LogP contribution in [-0.4, -0.2) is 9.97 Å². The molecule has 0 radical (unpaired) electrons. The van der Waals surface area contributed by atoms with Gasteiger partial charge in [-0.05, 0) is 24.3 Å². The smallest absolute Gasteiger partial charge is 0.0958 e. The number of nitrogens with two attached hydrogens (primary N) is 1. The van der Waals surface area contributed by atoms with Crippen LogP contribution in [0.1, 0.15) is 16.7 Å². The van der Waals surface area contributed by atoms with Gasteiger partial charge >= 0.3 is 0 Å². The molecule has 5 heteroatoms. The molecular weight excluding hydrogens is 278 g/mol. The molecule has 0 spiro atoms. The van der Waals surface area contributed by atoms with Crippen molar-refractivity contribution in [2.75, 3.05) is 0 Å². The maximum absolute atomic E-state index is 6.17. The molecule has 96 valence electrons. The number of hydrogen-bond acceptors (Lipinski definition) is 4. The van der Waals surface area contributed by atoms with Gasteiger partial charge in [-0.25, -0.2) is 4.98 Å². The van der Waals surface area contributed by atoms with E-state index in [9.17, 15) is 0 Å². The Morgan fingerprint density at radius 1 is 1.21 bits per heavy atom. The van der Waals surface area contributed by atoms with Crippen LogP contribution in [0, 0.1) is 0 Å². The summed E-state index contributed by atoms with van der Waals surface area (Å²) >= 11 is 7.77. The third-order valence-electron chi connectivity index (χ3n) is 2.87. The summed E-state index contributed by atoms with van der Waals surface area (Å²) in [5, 5.41) is 1.62. The van der Waals surface area contributed by atoms with Crippen molar-refractivity contribution in [1.82, 2.24) is 9.97 Å². The zero-order valence-electron chi connectivity index (χ0n) is 10.1. The number of pyridine rings is 1. The van der Waals surface area contributed by atoms with Crippen LogP contribution in [0.15, 0.2) is 42.6 Å². The van der Waals surface area contributed by atoms with Crippen molar-refractivity contribution >= 4 is 33.2 Å². The maximum atomic E-state index is 6.17. The summed E-state index contributed by atoms with van der Waals surface area (Å²) in [7, 11) is 0. The summed E-state index contributed by atoms with van der Waals surface area (Å²) in [6.45, 7) is 0. The van der Waals surface area contributed by atoms with E-state index in [0.29, 0.717) is 11.4 Å². The zero-order chi connectivity index (χ0) is 13.2. The van der Waals surface area contributed by atoms with Crippen LogP contribution < -0.4 is 5.73 Å². The molecule has 0 bridgehead atoms. The third kappa shape index (κ3) is 2.61. The van der Waals surface area contributed by atoms with Crippen molar-refractivity contribution in [3.05, 3.63) is 58.3 Å². The van der Waals surface area contributed by atoms with Gasteiger partial charge in [0.15, 0.2) is 0 Å². The highest BCUT2D eigenvalue weighted by atomic mass is 35.5. The molecule has 0 fully saturated rings. The first-order valence-corrected chi connectivity index (χ1v) is 7.14. The minimum atomic E-state index is -0.228. The quantitative estimate of drug-likeness (QED) is 0.802. The molecule has 3 rings (SSSR count). The van der Waals surface area contributed by atoms with Gasteiger partial charge in [-0.1, -0.05) is 23.7 Å². The van der Waals surface area contributed by atoms with Gasteiger partial charge in [0.2, 0.25) is 0 Å². The van der Waals surface area contributed by atoms with E-state index in [1.54, 1.807) is 23.6 Å². The van der Waals surface area contributed by atoms with Crippen LogP contribution in [0.2, 0.25) is 5.02 Å². The van der Waals surface area contributed by atoms with Gasteiger partial charge in [0.25, 0.3) is 0 Å². The van der Waals surface area contributed by atoms with Gasteiger partial charge < -0.3 is 5.73 Å². The van der Waals surface area contributed by atoms with E-state index < -0.39 is 0 Å². The Morgan fingerprint density at radius 2 is 2.05 bits per heavy atom. The molecule has 1 unspecified atom stereocenters. The summed E-state index contributed by atoms with van der Waals surface area (Å²) in [6, 6.07) is 11.5. The first-order chi connectivity index (χ1) is 9.24. The normalized spacial score (nSPS) is 12.7. The number of fused-ring (bicyclic) bond motifs is 1. The lowest BCUT2D eigenvalue weighted by molar-refractivity contribution is 0.694. The molecule has 2 aromatic heterocycles. The Labute approximate surface area is 120 Å². The van der Waals surface area contributed by atoms with E-state index in [2.05, 4.69) is 16.0 Å². The average Bonchev–Trinajstić information content (AvgIpc) is 2.81. The van der Waals surface area contributed by atoms with Crippen molar-refractivity contribution < 1.29 is 0 Å². The molecule has 0 saturated carbocycles. The van der Waals surface area contributed by atoms with Crippen molar-refractivity contribution in [3.63, 3.8) is 0 Å². The monoisotopic (exact) mass is 289 g/mol. The number of nitrogens with zero attached hydrogens (tertiary/aromatic N) is 2. The highest BCUT2D eigenvalue weighted by Crippen LogP contribution is 2.26. The molecular formula is C14H12ClN3S. The van der Waals surface area contributed by atoms with Gasteiger partial charge in [-0.15, -0.1) is 11.3 Å². The van der Waals surface area contributed by atoms with Crippen molar-refractivity contribution in [1.29, 1.82) is 0 Å². The predicted octanol–water partition coefficient (Wildman–Crippen LogP) is 3.59. The van der Waals surface area contributed by atoms with Crippen molar-refractivity contribution in [2.24, 2.45) is 5.73 Å². The molecule has 1 aromatic carbocycles. The van der Waals surface area contributed by atoms with Gasteiger partial charge in [-0.2, -0.15) is 0 Å². The molecule has 0 aliphatic rings. The lowest BCUT2D eigenvalue weighted by Gasteiger charge is -2.10. The number of rotatable bonds is 3. The fraction of sp³-hybridized carbons (Fsp3) is 0.143. The topological polar surface area (TPSA) is 51.8 Å². The Morgan fingerprint density at radius 3 is 2.84 bits per heavy atom. The molecule has 3 nitrogen and oxygen atoms in total. The van der Waals surface area contributed by atoms with Crippen LogP contribution in [0.5, 0.6) is 0 Å². The molecule has 2 N–H and O–H groups in total. The highest BCUT2D eigenvalue weighted by Gasteiger charge is 2.14. The van der Waals surface area contributed by atoms with E-state index in [1.807, 2.05) is 24.3 Å². The number of hydrogen-bond donors (Lipinski definition) is 1. The molecule has 2 heterocycles. The first-order valence-electron chi connectivity index (χ1n) is 5.94. The minimum absolute atomic E-state index is 0.228. The van der Waals surface area contributed by atoms with Crippen LogP contribution >= 0.6 is 22.9 Å². The summed E-state index contributed by atoms with van der Waals surface area (Å²) < 4.78 is 1.18. The predicted molar refractivity (Wildman–Crippen MR) is 79.5 cm³/mol. The molecule has 0 aliphatic heterocycles. The zero-order valence-corrected chi connectivity index (χ0v) is 11.7. The third-order valence-corrected chi connectivity index (χ3v) is 4.25. The number of aromatic nitrogens is 2. The van der Waals surface area contributed by atoms with Gasteiger partial charge in [0, 0.05) is 12.6 Å². The SMILES string of the molecule is NC(Cc1nc2ccccc2s1)c1ncccc1Cl. The fourth-order valence-electron chi connectivity index (χ4n) is 1.96. The Hall–Kier alpha value is -1.49. The number of para-hydroxylation sites is 1. The first kappa shape index (κ1) is 12.5. The van der Waals surface area contributed by atoms with E-state index >= 15 is 0 Å². The second-order valence-corrected chi connectivity index (χ2v) is 5.78. The Kier molecular flexibility index (Phi) is 3.46. The van der Waals surface area contributed by atoms with Crippen LogP contribution in [0.4, 0.5) is 0 Å². The van der Waals surface area contributed by atoms with Crippen LogP contribution in [0.3, 0.4) is 0 Å². The number of halogens is 1. The van der Waals surface area contributed by atoms with Crippen LogP contribution in [0.25, 0.3) is 10.2 Å². The molecule has 0 saturated heterocycles. The second kappa shape index (κ2) is 5.25. The lowest BCUT2D eigenvalue weighted by Crippen LogP contribution is -2.15. The summed E-state index contributed by atoms with van der Waals surface area (Å²) in [4.78, 5) is 8.82. The summed E-state index contributed by atoms with van der Waals surface area (Å²) in [5.41, 5.74) is 7.91. The second-order valence-electron chi connectivity index (χ2n) is 4.26. The lowest BCUT2D eigenvalue weighted by atomic mass is 10.1. The molecule has 1 atom stereocenters. The fourth-order valence-corrected chi connectivity index (χ4v) is 3.25. The summed E-state index contributed by atoms with van der Waals surface area (Å²) in [6.07, 6.45) is 2.36. The van der Waals surface area contributed by atoms with Gasteiger partial charge in [0.1, 0.15) is 0 Å². The number of thiazole rings is 1. The molecule has 0 amide bonds. The van der Waals surface area contributed by atoms with E-state index in [4.69, 9.17) is 17.3 Å². The highest BCUT2D eigenvalue weighted by molar-refractivity contribution is 7.18. The molecule has 3 aromatic rings. The molecule has 0 aliphatic carbocycles. The maximum Gasteiger partial charge on any atom is 0.0958 e. The standard InChI is InChI=1S/C14H12ClN3S/c15-9-4-3-7-17-14(9)10(16)8-13-18-11-5-1-2-6-12(11)19-13/h1-7,10H,8,16H2.